The van der Waals surface area contributed by atoms with Gasteiger partial charge in [0.25, 0.3) is 0 Å². The predicted octanol–water partition coefficient (Wildman–Crippen LogP) is -2.13. The molecule has 1 saturated carbocycles. The van der Waals surface area contributed by atoms with Crippen molar-refractivity contribution in [1.82, 2.24) is 4.72 Å². The summed E-state index contributed by atoms with van der Waals surface area (Å²) in [5, 5.41) is 10.2. The number of rotatable bonds is 6. The fourth-order valence-electron chi connectivity index (χ4n) is 3.01. The van der Waals surface area contributed by atoms with Crippen molar-refractivity contribution in [2.45, 2.75) is 42.8 Å². The fourth-order valence-corrected chi connectivity index (χ4v) is 3.92. The minimum Gasteiger partial charge on any atom is -0.390 e. The summed E-state index contributed by atoms with van der Waals surface area (Å²) in [6.45, 7) is -0.612. The summed E-state index contributed by atoms with van der Waals surface area (Å²) in [5.41, 5.74) is -1.44. The zero-order valence-electron chi connectivity index (χ0n) is 11.4. The Morgan fingerprint density at radius 1 is 1.32 bits per heavy atom. The maximum atomic E-state index is 10.9. The quantitative estimate of drug-likeness (QED) is 0.382. The first kappa shape index (κ1) is 18.0. The van der Waals surface area contributed by atoms with Crippen molar-refractivity contribution in [2.24, 2.45) is 0 Å². The van der Waals surface area contributed by atoms with E-state index in [1.165, 1.54) is 7.11 Å². The van der Waals surface area contributed by atoms with Gasteiger partial charge in [-0.1, -0.05) is 0 Å². The average molecular weight is 363 g/mol. The van der Waals surface area contributed by atoms with E-state index in [2.05, 4.69) is 4.18 Å². The molecule has 2 saturated heterocycles. The monoisotopic (exact) mass is 363 g/mol. The highest BCUT2D eigenvalue weighted by atomic mass is 32.3. The van der Waals surface area contributed by atoms with Gasteiger partial charge in [-0.15, -0.1) is 0 Å². The Morgan fingerprint density at radius 2 is 1.95 bits per heavy atom. The molecule has 5 atom stereocenters. The Balaban J connectivity index is 2.20. The van der Waals surface area contributed by atoms with Gasteiger partial charge in [-0.05, 0) is 0 Å². The second-order valence-corrected chi connectivity index (χ2v) is 7.47. The van der Waals surface area contributed by atoms with Crippen LogP contribution in [0.25, 0.3) is 0 Å². The molecule has 13 heteroatoms. The highest BCUT2D eigenvalue weighted by molar-refractivity contribution is 7.83. The van der Waals surface area contributed by atoms with E-state index in [4.69, 9.17) is 18.6 Å². The second kappa shape index (κ2) is 5.92. The van der Waals surface area contributed by atoms with Crippen molar-refractivity contribution in [1.29, 1.82) is 0 Å². The van der Waals surface area contributed by atoms with Crippen molar-refractivity contribution >= 4 is 20.7 Å². The van der Waals surface area contributed by atoms with Gasteiger partial charge in [-0.2, -0.15) is 21.6 Å². The number of methoxy groups -OCH3 is 1. The highest BCUT2D eigenvalue weighted by Crippen LogP contribution is 2.43. The zero-order chi connectivity index (χ0) is 16.8. The molecular weight excluding hydrogens is 346 g/mol. The maximum Gasteiger partial charge on any atom is 0.397 e. The average Bonchev–Trinajstić information content (AvgIpc) is 2.35. The number of fused-ring (bicyclic) bond motifs is 3. The van der Waals surface area contributed by atoms with Crippen LogP contribution in [0.2, 0.25) is 0 Å². The summed E-state index contributed by atoms with van der Waals surface area (Å²) in [6, 6.07) is -0.861. The molecule has 5 unspecified atom stereocenters. The lowest BCUT2D eigenvalue weighted by Gasteiger charge is -2.56. The van der Waals surface area contributed by atoms with Gasteiger partial charge in [-0.25, -0.2) is 4.18 Å². The Labute approximate surface area is 127 Å². The molecule has 2 heterocycles. The smallest absolute Gasteiger partial charge is 0.390 e. The summed E-state index contributed by atoms with van der Waals surface area (Å²) < 4.78 is 77.6. The molecule has 0 aromatic rings. The lowest BCUT2D eigenvalue weighted by Crippen LogP contribution is -2.72. The maximum absolute atomic E-state index is 10.9. The van der Waals surface area contributed by atoms with Crippen molar-refractivity contribution in [3.8, 4) is 0 Å². The summed E-state index contributed by atoms with van der Waals surface area (Å²) in [7, 11) is -7.95. The SMILES string of the molecule is COC12CC(NS(=O)(=O)O)C(CC1O)OC2COS(=O)(=O)O. The van der Waals surface area contributed by atoms with Crippen LogP contribution in [-0.4, -0.2) is 74.7 Å². The summed E-state index contributed by atoms with van der Waals surface area (Å²) in [5.74, 6) is 0. The third kappa shape index (κ3) is 3.74. The van der Waals surface area contributed by atoms with Gasteiger partial charge in [0.2, 0.25) is 0 Å². The van der Waals surface area contributed by atoms with Crippen LogP contribution >= 0.6 is 0 Å². The Hall–Kier alpha value is -0.380. The number of aliphatic hydroxyl groups is 1. The Morgan fingerprint density at radius 3 is 2.45 bits per heavy atom. The predicted molar refractivity (Wildman–Crippen MR) is 69.6 cm³/mol. The molecule has 22 heavy (non-hydrogen) atoms. The van der Waals surface area contributed by atoms with Gasteiger partial charge in [0.15, 0.2) is 0 Å². The first-order chi connectivity index (χ1) is 9.97. The first-order valence-electron chi connectivity index (χ1n) is 6.22. The van der Waals surface area contributed by atoms with E-state index in [1.54, 1.807) is 0 Å². The standard InChI is InChI=1S/C9H17NO10S2/c1-18-9-3-5(10-21(12,13)14)6(2-7(9)11)20-8(9)4-19-22(15,16)17/h5-8,10-11H,2-4H2,1H3,(H,12,13,14)(H,15,16,17). The van der Waals surface area contributed by atoms with Crippen molar-refractivity contribution in [2.75, 3.05) is 13.7 Å². The number of aliphatic hydroxyl groups excluding tert-OH is 1. The van der Waals surface area contributed by atoms with Crippen LogP contribution in [-0.2, 0) is 34.4 Å². The van der Waals surface area contributed by atoms with Crippen molar-refractivity contribution < 1.29 is 44.7 Å². The fraction of sp³-hybridized carbons (Fsp3) is 1.00. The molecule has 4 N–H and O–H groups in total. The van der Waals surface area contributed by atoms with Crippen molar-refractivity contribution in [3.63, 3.8) is 0 Å². The van der Waals surface area contributed by atoms with Gasteiger partial charge in [-0.3, -0.25) is 9.11 Å². The summed E-state index contributed by atoms with van der Waals surface area (Å²) in [4.78, 5) is 0. The third-order valence-corrected chi connectivity index (χ3v) is 4.97. The Kier molecular flexibility index (Phi) is 4.83. The molecule has 130 valence electrons. The third-order valence-electron chi connectivity index (χ3n) is 3.94. The number of hydrogen-bond acceptors (Lipinski definition) is 8. The molecule has 3 fully saturated rings. The van der Waals surface area contributed by atoms with Gasteiger partial charge >= 0.3 is 20.7 Å². The molecule has 2 bridgehead atoms. The number of hydrogen-bond donors (Lipinski definition) is 4. The van der Waals surface area contributed by atoms with Crippen LogP contribution in [0.4, 0.5) is 0 Å². The van der Waals surface area contributed by atoms with E-state index in [0.717, 1.165) is 0 Å². The summed E-state index contributed by atoms with van der Waals surface area (Å²) >= 11 is 0. The van der Waals surface area contributed by atoms with E-state index < -0.39 is 57.3 Å². The molecule has 1 aliphatic carbocycles. The molecular formula is C9H17NO10S2. The van der Waals surface area contributed by atoms with E-state index >= 15 is 0 Å². The first-order valence-corrected chi connectivity index (χ1v) is 9.02. The van der Waals surface area contributed by atoms with Crippen LogP contribution in [0.1, 0.15) is 12.8 Å². The van der Waals surface area contributed by atoms with Crippen LogP contribution in [0.3, 0.4) is 0 Å². The Bertz CT molecular complexity index is 618. The van der Waals surface area contributed by atoms with Crippen LogP contribution in [0.5, 0.6) is 0 Å². The van der Waals surface area contributed by atoms with E-state index in [-0.39, 0.29) is 12.8 Å². The molecule has 2 aliphatic heterocycles. The molecule has 0 spiro atoms. The lowest BCUT2D eigenvalue weighted by atomic mass is 9.71. The van der Waals surface area contributed by atoms with Crippen molar-refractivity contribution in [3.05, 3.63) is 0 Å². The molecule has 3 rings (SSSR count). The van der Waals surface area contributed by atoms with Gasteiger partial charge in [0.05, 0.1) is 24.9 Å². The molecule has 3 aliphatic rings. The second-order valence-electron chi connectivity index (χ2n) is 5.19. The van der Waals surface area contributed by atoms with E-state index in [9.17, 15) is 21.9 Å². The molecule has 0 radical (unpaired) electrons. The molecule has 0 aromatic carbocycles. The van der Waals surface area contributed by atoms with E-state index in [0.29, 0.717) is 0 Å². The van der Waals surface area contributed by atoms with E-state index in [1.807, 2.05) is 4.72 Å². The van der Waals surface area contributed by atoms with Gasteiger partial charge < -0.3 is 14.6 Å². The summed E-state index contributed by atoms with van der Waals surface area (Å²) in [6.07, 6.45) is -2.99. The topological polar surface area (TPSA) is 169 Å². The van der Waals surface area contributed by atoms with Crippen LogP contribution in [0, 0.1) is 0 Å². The minimum atomic E-state index is -4.70. The molecule has 11 nitrogen and oxygen atoms in total. The van der Waals surface area contributed by atoms with Gasteiger partial charge in [0, 0.05) is 20.0 Å². The lowest BCUT2D eigenvalue weighted by molar-refractivity contribution is -0.284. The number of nitrogens with one attached hydrogen (secondary N) is 1. The highest BCUT2D eigenvalue weighted by Gasteiger charge is 2.59. The van der Waals surface area contributed by atoms with Gasteiger partial charge in [0.1, 0.15) is 11.7 Å². The largest absolute Gasteiger partial charge is 0.397 e. The normalized spacial score (nSPS) is 39.1. The number of ether oxygens (including phenoxy) is 2. The van der Waals surface area contributed by atoms with Crippen LogP contribution < -0.4 is 4.72 Å². The molecule has 0 aromatic heterocycles. The minimum absolute atomic E-state index is 0.0173. The molecule has 0 amide bonds. The van der Waals surface area contributed by atoms with Crippen LogP contribution in [0.15, 0.2) is 0 Å². The zero-order valence-corrected chi connectivity index (χ0v) is 13.1.